The highest BCUT2D eigenvalue weighted by Gasteiger charge is 2.10. The van der Waals surface area contributed by atoms with Gasteiger partial charge in [-0.15, -0.1) is 0 Å². The Hall–Kier alpha value is -1.11. The average Bonchev–Trinajstić information content (AvgIpc) is 2.34. The van der Waals surface area contributed by atoms with Gasteiger partial charge in [0.2, 0.25) is 0 Å². The van der Waals surface area contributed by atoms with E-state index in [0.29, 0.717) is 12.2 Å². The molecule has 1 N–H and O–H groups in total. The molecular weight excluding hydrogens is 333 g/mol. The minimum atomic E-state index is -0.411. The third kappa shape index (κ3) is 4.72. The van der Waals surface area contributed by atoms with E-state index in [9.17, 15) is 9.59 Å². The van der Waals surface area contributed by atoms with Gasteiger partial charge in [-0.1, -0.05) is 19.1 Å². The maximum Gasteiger partial charge on any atom is 0.325 e. The predicted octanol–water partition coefficient (Wildman–Crippen LogP) is 1.97. The first-order valence-electron chi connectivity index (χ1n) is 5.33. The molecule has 0 radical (unpaired) electrons. The Morgan fingerprint density at radius 3 is 2.71 bits per heavy atom. The van der Waals surface area contributed by atoms with Gasteiger partial charge in [0.05, 0.1) is 12.2 Å². The average molecular weight is 347 g/mol. The Balaban J connectivity index is 2.45. The molecule has 0 heterocycles. The van der Waals surface area contributed by atoms with Gasteiger partial charge >= 0.3 is 5.97 Å². The summed E-state index contributed by atoms with van der Waals surface area (Å²) >= 11 is 2.08. The molecule has 0 saturated heterocycles. The molecule has 1 aromatic rings. The lowest BCUT2D eigenvalue weighted by atomic mass is 10.2. The van der Waals surface area contributed by atoms with Crippen molar-refractivity contribution in [1.82, 2.24) is 5.32 Å². The number of halogens is 1. The zero-order valence-electron chi connectivity index (χ0n) is 9.53. The molecule has 5 heteroatoms. The first-order chi connectivity index (χ1) is 8.15. The van der Waals surface area contributed by atoms with Crippen LogP contribution < -0.4 is 5.32 Å². The molecule has 0 atom stereocenters. The van der Waals surface area contributed by atoms with Crippen LogP contribution in [0, 0.1) is 3.57 Å². The molecule has 92 valence electrons. The number of benzene rings is 1. The summed E-state index contributed by atoms with van der Waals surface area (Å²) in [5.74, 6) is -0.672. The zero-order chi connectivity index (χ0) is 12.7. The Labute approximate surface area is 114 Å². The summed E-state index contributed by atoms with van der Waals surface area (Å²) in [5.41, 5.74) is 0.566. The van der Waals surface area contributed by atoms with Gasteiger partial charge in [-0.2, -0.15) is 0 Å². The first-order valence-corrected chi connectivity index (χ1v) is 6.41. The number of carbonyl (C=O) groups is 2. The lowest BCUT2D eigenvalue weighted by molar-refractivity contribution is -0.142. The van der Waals surface area contributed by atoms with Crippen LogP contribution in [0.5, 0.6) is 0 Å². The summed E-state index contributed by atoms with van der Waals surface area (Å²) in [5, 5.41) is 2.53. The van der Waals surface area contributed by atoms with Crippen molar-refractivity contribution in [3.63, 3.8) is 0 Å². The van der Waals surface area contributed by atoms with Crippen molar-refractivity contribution >= 4 is 34.5 Å². The van der Waals surface area contributed by atoms with E-state index in [1.165, 1.54) is 0 Å². The van der Waals surface area contributed by atoms with E-state index < -0.39 is 5.97 Å². The van der Waals surface area contributed by atoms with E-state index in [2.05, 4.69) is 27.9 Å². The van der Waals surface area contributed by atoms with Crippen molar-refractivity contribution in [2.75, 3.05) is 13.2 Å². The van der Waals surface area contributed by atoms with Crippen LogP contribution in [0.25, 0.3) is 0 Å². The normalized spacial score (nSPS) is 9.76. The van der Waals surface area contributed by atoms with Crippen molar-refractivity contribution in [1.29, 1.82) is 0 Å². The van der Waals surface area contributed by atoms with Gasteiger partial charge < -0.3 is 10.1 Å². The third-order valence-corrected chi connectivity index (χ3v) is 2.92. The third-order valence-electron chi connectivity index (χ3n) is 1.98. The molecule has 0 unspecified atom stereocenters. The van der Waals surface area contributed by atoms with Gasteiger partial charge in [0.25, 0.3) is 5.91 Å². The number of ether oxygens (including phenoxy) is 1. The molecule has 1 aromatic carbocycles. The number of amides is 1. The zero-order valence-corrected chi connectivity index (χ0v) is 11.7. The van der Waals surface area contributed by atoms with Crippen LogP contribution in [-0.2, 0) is 9.53 Å². The van der Waals surface area contributed by atoms with Gasteiger partial charge in [0.15, 0.2) is 0 Å². The maximum absolute atomic E-state index is 11.7. The Morgan fingerprint density at radius 1 is 1.35 bits per heavy atom. The molecule has 0 saturated carbocycles. The largest absolute Gasteiger partial charge is 0.464 e. The minimum absolute atomic E-state index is 0.0934. The molecule has 0 bridgehead atoms. The highest BCUT2D eigenvalue weighted by Crippen LogP contribution is 2.10. The second-order valence-corrected chi connectivity index (χ2v) is 4.55. The standard InChI is InChI=1S/C12H14INO3/c1-2-7-17-11(15)8-14-12(16)9-5-3-4-6-10(9)13/h3-6H,2,7-8H2,1H3,(H,14,16). The number of carbonyl (C=O) groups excluding carboxylic acids is 2. The van der Waals surface area contributed by atoms with E-state index >= 15 is 0 Å². The Bertz CT molecular complexity index is 406. The van der Waals surface area contributed by atoms with Gasteiger partial charge in [-0.05, 0) is 41.1 Å². The number of esters is 1. The van der Waals surface area contributed by atoms with E-state index in [0.717, 1.165) is 9.99 Å². The van der Waals surface area contributed by atoms with Crippen LogP contribution in [0.1, 0.15) is 23.7 Å². The van der Waals surface area contributed by atoms with Gasteiger partial charge in [-0.25, -0.2) is 0 Å². The smallest absolute Gasteiger partial charge is 0.325 e. The van der Waals surface area contributed by atoms with Crippen LogP contribution in [-0.4, -0.2) is 25.0 Å². The minimum Gasteiger partial charge on any atom is -0.464 e. The quantitative estimate of drug-likeness (QED) is 0.655. The molecule has 0 aliphatic heterocycles. The monoisotopic (exact) mass is 347 g/mol. The molecule has 0 aliphatic rings. The van der Waals surface area contributed by atoms with Crippen molar-refractivity contribution in [3.05, 3.63) is 33.4 Å². The number of hydrogen-bond donors (Lipinski definition) is 1. The fourth-order valence-electron chi connectivity index (χ4n) is 1.16. The van der Waals surface area contributed by atoms with Crippen LogP contribution in [0.15, 0.2) is 24.3 Å². The molecule has 0 aromatic heterocycles. The molecule has 0 spiro atoms. The van der Waals surface area contributed by atoms with E-state index in [-0.39, 0.29) is 12.5 Å². The van der Waals surface area contributed by atoms with Crippen molar-refractivity contribution in [2.24, 2.45) is 0 Å². The van der Waals surface area contributed by atoms with Gasteiger partial charge in [-0.3, -0.25) is 9.59 Å². The predicted molar refractivity (Wildman–Crippen MR) is 72.7 cm³/mol. The molecule has 17 heavy (non-hydrogen) atoms. The summed E-state index contributed by atoms with van der Waals surface area (Å²) in [6.07, 6.45) is 0.774. The van der Waals surface area contributed by atoms with Crippen molar-refractivity contribution in [3.8, 4) is 0 Å². The number of hydrogen-bond acceptors (Lipinski definition) is 3. The number of nitrogens with one attached hydrogen (secondary N) is 1. The lowest BCUT2D eigenvalue weighted by Crippen LogP contribution is -2.31. The maximum atomic E-state index is 11.7. The van der Waals surface area contributed by atoms with Crippen molar-refractivity contribution < 1.29 is 14.3 Å². The second kappa shape index (κ2) is 7.26. The fourth-order valence-corrected chi connectivity index (χ4v) is 1.79. The summed E-state index contributed by atoms with van der Waals surface area (Å²) in [6.45, 7) is 2.21. The van der Waals surface area contributed by atoms with Crippen molar-refractivity contribution in [2.45, 2.75) is 13.3 Å². The molecule has 1 amide bonds. The molecule has 4 nitrogen and oxygen atoms in total. The summed E-state index contributed by atoms with van der Waals surface area (Å²) in [4.78, 5) is 22.9. The first kappa shape index (κ1) is 14.0. The Morgan fingerprint density at radius 2 is 2.06 bits per heavy atom. The fraction of sp³-hybridized carbons (Fsp3) is 0.333. The molecule has 0 fully saturated rings. The van der Waals surface area contributed by atoms with E-state index in [1.807, 2.05) is 19.1 Å². The van der Waals surface area contributed by atoms with Crippen LogP contribution in [0.3, 0.4) is 0 Å². The molecule has 0 aliphatic carbocycles. The van der Waals surface area contributed by atoms with Crippen LogP contribution in [0.4, 0.5) is 0 Å². The molecular formula is C12H14INO3. The highest BCUT2D eigenvalue weighted by atomic mass is 127. The topological polar surface area (TPSA) is 55.4 Å². The number of rotatable bonds is 5. The SMILES string of the molecule is CCCOC(=O)CNC(=O)c1ccccc1I. The summed E-state index contributed by atoms with van der Waals surface area (Å²) in [7, 11) is 0. The van der Waals surface area contributed by atoms with Crippen LogP contribution in [0.2, 0.25) is 0 Å². The van der Waals surface area contributed by atoms with Gasteiger partial charge in [0, 0.05) is 3.57 Å². The van der Waals surface area contributed by atoms with E-state index in [4.69, 9.17) is 4.74 Å². The van der Waals surface area contributed by atoms with Crippen LogP contribution >= 0.6 is 22.6 Å². The molecule has 1 rings (SSSR count). The second-order valence-electron chi connectivity index (χ2n) is 3.38. The Kier molecular flexibility index (Phi) is 5.96. The van der Waals surface area contributed by atoms with E-state index in [1.54, 1.807) is 12.1 Å². The van der Waals surface area contributed by atoms with Gasteiger partial charge in [0.1, 0.15) is 6.54 Å². The summed E-state index contributed by atoms with van der Waals surface area (Å²) < 4.78 is 5.70. The lowest BCUT2D eigenvalue weighted by Gasteiger charge is -2.06. The summed E-state index contributed by atoms with van der Waals surface area (Å²) in [6, 6.07) is 7.19. The highest BCUT2D eigenvalue weighted by molar-refractivity contribution is 14.1.